The molecule has 3 rings (SSSR count). The average molecular weight is 341 g/mol. The first kappa shape index (κ1) is 16.7. The van der Waals surface area contributed by atoms with Gasteiger partial charge in [-0.3, -0.25) is 10.2 Å². The number of rotatable bonds is 5. The van der Waals surface area contributed by atoms with Crippen LogP contribution in [0.2, 0.25) is 0 Å². The van der Waals surface area contributed by atoms with Gasteiger partial charge in [-0.2, -0.15) is 0 Å². The third-order valence-electron chi connectivity index (χ3n) is 4.04. The number of aromatic nitrogens is 1. The third-order valence-corrected chi connectivity index (χ3v) is 4.04. The molecule has 130 valence electrons. The van der Waals surface area contributed by atoms with Crippen LogP contribution >= 0.6 is 0 Å². The van der Waals surface area contributed by atoms with E-state index in [9.17, 15) is 4.79 Å². The van der Waals surface area contributed by atoms with E-state index in [0.29, 0.717) is 17.2 Å². The van der Waals surface area contributed by atoms with Crippen LogP contribution in [0.4, 0.5) is 0 Å². The van der Waals surface area contributed by atoms with Crippen molar-refractivity contribution in [2.24, 2.45) is 5.84 Å². The van der Waals surface area contributed by atoms with E-state index < -0.39 is 5.91 Å². The van der Waals surface area contributed by atoms with Crippen LogP contribution < -0.4 is 25.5 Å². The van der Waals surface area contributed by atoms with E-state index in [1.54, 1.807) is 27.4 Å². The number of hydrogen-bond donors (Lipinski definition) is 3. The monoisotopic (exact) mass is 341 g/mol. The van der Waals surface area contributed by atoms with Crippen LogP contribution in [0.15, 0.2) is 36.4 Å². The highest BCUT2D eigenvalue weighted by molar-refractivity contribution is 6.10. The summed E-state index contributed by atoms with van der Waals surface area (Å²) < 4.78 is 15.9. The summed E-state index contributed by atoms with van der Waals surface area (Å²) in [4.78, 5) is 15.4. The molecule has 1 amide bonds. The molecule has 1 aromatic heterocycles. The Morgan fingerprint density at radius 2 is 1.64 bits per heavy atom. The number of methoxy groups -OCH3 is 3. The van der Waals surface area contributed by atoms with Gasteiger partial charge in [0.15, 0.2) is 11.5 Å². The molecule has 0 saturated carbocycles. The lowest BCUT2D eigenvalue weighted by Crippen LogP contribution is -2.30. The summed E-state index contributed by atoms with van der Waals surface area (Å²) in [6, 6.07) is 11.0. The molecule has 0 saturated heterocycles. The lowest BCUT2D eigenvalue weighted by atomic mass is 10.0. The van der Waals surface area contributed by atoms with Crippen molar-refractivity contribution in [2.75, 3.05) is 21.3 Å². The molecule has 2 aromatic carbocycles. The first-order chi connectivity index (χ1) is 12.1. The lowest BCUT2D eigenvalue weighted by Gasteiger charge is -2.09. The third kappa shape index (κ3) is 2.85. The fraction of sp³-hybridized carbons (Fsp3) is 0.167. The maximum absolute atomic E-state index is 12.3. The zero-order valence-electron chi connectivity index (χ0n) is 14.2. The second-order valence-electron chi connectivity index (χ2n) is 5.33. The Labute approximate surface area is 144 Å². The number of carbonyl (C=O) groups excluding carboxylic acids is 1. The molecule has 0 aliphatic carbocycles. The summed E-state index contributed by atoms with van der Waals surface area (Å²) in [7, 11) is 4.73. The van der Waals surface area contributed by atoms with E-state index in [0.717, 1.165) is 27.8 Å². The van der Waals surface area contributed by atoms with Crippen molar-refractivity contribution in [3.05, 3.63) is 42.1 Å². The Balaban J connectivity index is 2.30. The van der Waals surface area contributed by atoms with Crippen LogP contribution in [0, 0.1) is 0 Å². The van der Waals surface area contributed by atoms with Crippen LogP contribution in [-0.4, -0.2) is 32.2 Å². The molecular formula is C18H19N3O4. The van der Waals surface area contributed by atoms with E-state index in [-0.39, 0.29) is 0 Å². The highest BCUT2D eigenvalue weighted by atomic mass is 16.5. The van der Waals surface area contributed by atoms with E-state index >= 15 is 0 Å². The molecule has 7 nitrogen and oxygen atoms in total. The van der Waals surface area contributed by atoms with Crippen molar-refractivity contribution in [2.45, 2.75) is 0 Å². The molecule has 0 radical (unpaired) electrons. The summed E-state index contributed by atoms with van der Waals surface area (Å²) in [6.07, 6.45) is 0. The SMILES string of the molecule is COc1ccc(-c2c(C(=O)NN)[nH]c3cc(OC)c(OC)cc23)cc1. The molecule has 0 unspecified atom stereocenters. The minimum Gasteiger partial charge on any atom is -0.497 e. The Morgan fingerprint density at radius 1 is 1.00 bits per heavy atom. The zero-order valence-corrected chi connectivity index (χ0v) is 14.2. The maximum atomic E-state index is 12.3. The summed E-state index contributed by atoms with van der Waals surface area (Å²) in [5.41, 5.74) is 4.84. The molecular weight excluding hydrogens is 322 g/mol. The fourth-order valence-corrected chi connectivity index (χ4v) is 2.82. The molecule has 0 bridgehead atoms. The van der Waals surface area contributed by atoms with Crippen LogP contribution in [0.3, 0.4) is 0 Å². The highest BCUT2D eigenvalue weighted by Gasteiger charge is 2.21. The first-order valence-corrected chi connectivity index (χ1v) is 7.56. The molecule has 3 aromatic rings. The Morgan fingerprint density at radius 3 is 2.20 bits per heavy atom. The summed E-state index contributed by atoms with van der Waals surface area (Å²) in [5.74, 6) is 6.79. The normalized spacial score (nSPS) is 10.6. The minimum atomic E-state index is -0.417. The number of hydrazine groups is 1. The van der Waals surface area contributed by atoms with Gasteiger partial charge in [-0.1, -0.05) is 12.1 Å². The number of carbonyl (C=O) groups is 1. The van der Waals surface area contributed by atoms with Gasteiger partial charge in [0.1, 0.15) is 11.4 Å². The summed E-state index contributed by atoms with van der Waals surface area (Å²) in [6.45, 7) is 0. The van der Waals surface area contributed by atoms with Gasteiger partial charge < -0.3 is 19.2 Å². The Bertz CT molecular complexity index is 916. The number of nitrogens with two attached hydrogens (primary N) is 1. The van der Waals surface area contributed by atoms with Gasteiger partial charge in [0, 0.05) is 17.0 Å². The number of fused-ring (bicyclic) bond motifs is 1. The molecule has 7 heteroatoms. The van der Waals surface area contributed by atoms with Crippen LogP contribution in [0.1, 0.15) is 10.5 Å². The van der Waals surface area contributed by atoms with Crippen molar-refractivity contribution in [1.82, 2.24) is 10.4 Å². The van der Waals surface area contributed by atoms with Crippen molar-refractivity contribution < 1.29 is 19.0 Å². The molecule has 1 heterocycles. The Kier molecular flexibility index (Phi) is 4.49. The molecule has 4 N–H and O–H groups in total. The van der Waals surface area contributed by atoms with E-state index in [1.165, 1.54) is 0 Å². The largest absolute Gasteiger partial charge is 0.497 e. The quantitative estimate of drug-likeness (QED) is 0.376. The van der Waals surface area contributed by atoms with E-state index in [2.05, 4.69) is 10.4 Å². The van der Waals surface area contributed by atoms with Gasteiger partial charge in [0.05, 0.1) is 26.8 Å². The number of H-pyrrole nitrogens is 1. The van der Waals surface area contributed by atoms with Crippen LogP contribution in [0.5, 0.6) is 17.2 Å². The smallest absolute Gasteiger partial charge is 0.282 e. The second kappa shape index (κ2) is 6.74. The van der Waals surface area contributed by atoms with Gasteiger partial charge in [-0.25, -0.2) is 5.84 Å². The van der Waals surface area contributed by atoms with Crippen molar-refractivity contribution in [3.63, 3.8) is 0 Å². The van der Waals surface area contributed by atoms with Crippen molar-refractivity contribution in [1.29, 1.82) is 0 Å². The van der Waals surface area contributed by atoms with Gasteiger partial charge >= 0.3 is 0 Å². The first-order valence-electron chi connectivity index (χ1n) is 7.56. The topological polar surface area (TPSA) is 98.6 Å². The van der Waals surface area contributed by atoms with Crippen molar-refractivity contribution >= 4 is 16.8 Å². The molecule has 0 aliphatic heterocycles. The van der Waals surface area contributed by atoms with E-state index in [1.807, 2.05) is 30.3 Å². The number of ether oxygens (including phenoxy) is 3. The Hall–Kier alpha value is -3.19. The lowest BCUT2D eigenvalue weighted by molar-refractivity contribution is 0.0950. The number of aromatic amines is 1. The molecule has 0 atom stereocenters. The predicted octanol–water partition coefficient (Wildman–Crippen LogP) is 2.46. The van der Waals surface area contributed by atoms with Gasteiger partial charge in [0.25, 0.3) is 5.91 Å². The number of hydrogen-bond acceptors (Lipinski definition) is 5. The van der Waals surface area contributed by atoms with Crippen LogP contribution in [0.25, 0.3) is 22.0 Å². The summed E-state index contributed by atoms with van der Waals surface area (Å²) in [5, 5.41) is 0.821. The van der Waals surface area contributed by atoms with Crippen LogP contribution in [-0.2, 0) is 0 Å². The van der Waals surface area contributed by atoms with Gasteiger partial charge in [0.2, 0.25) is 0 Å². The molecule has 25 heavy (non-hydrogen) atoms. The number of benzene rings is 2. The second-order valence-corrected chi connectivity index (χ2v) is 5.33. The maximum Gasteiger partial charge on any atom is 0.282 e. The predicted molar refractivity (Wildman–Crippen MR) is 95.0 cm³/mol. The van der Waals surface area contributed by atoms with Gasteiger partial charge in [-0.15, -0.1) is 0 Å². The molecule has 0 spiro atoms. The summed E-state index contributed by atoms with van der Waals surface area (Å²) >= 11 is 0. The molecule has 0 aliphatic rings. The number of nitrogen functional groups attached to an aromatic ring is 1. The van der Waals surface area contributed by atoms with E-state index in [4.69, 9.17) is 20.1 Å². The highest BCUT2D eigenvalue weighted by Crippen LogP contribution is 2.39. The zero-order chi connectivity index (χ0) is 18.0. The minimum absolute atomic E-state index is 0.359. The number of nitrogens with one attached hydrogen (secondary N) is 2. The fourth-order valence-electron chi connectivity index (χ4n) is 2.82. The average Bonchev–Trinajstić information content (AvgIpc) is 3.04. The standard InChI is InChI=1S/C18H19N3O4/c1-23-11-6-4-10(5-7-11)16-12-8-14(24-2)15(25-3)9-13(12)20-17(16)18(22)21-19/h4-9,20H,19H2,1-3H3,(H,21,22). The van der Waals surface area contributed by atoms with Gasteiger partial charge in [-0.05, 0) is 23.8 Å². The van der Waals surface area contributed by atoms with Crippen molar-refractivity contribution in [3.8, 4) is 28.4 Å². The molecule has 0 fully saturated rings. The number of amides is 1.